The van der Waals surface area contributed by atoms with Gasteiger partial charge >= 0.3 is 0 Å². The van der Waals surface area contributed by atoms with Gasteiger partial charge in [-0.15, -0.1) is 0 Å². The van der Waals surface area contributed by atoms with Crippen molar-refractivity contribution in [1.29, 1.82) is 0 Å². The number of nitrogens with one attached hydrogen (secondary N) is 1. The van der Waals surface area contributed by atoms with E-state index in [1.54, 1.807) is 19.1 Å². The van der Waals surface area contributed by atoms with E-state index in [-0.39, 0.29) is 17.7 Å². The number of methoxy groups -OCH3 is 1. The van der Waals surface area contributed by atoms with Crippen molar-refractivity contribution in [1.82, 2.24) is 14.8 Å². The SMILES string of the molecule is COc1ccc2cc1OCCCCN(C(=O)C1CC(=O)N(C)C1)CCc1c([nH]c3ccccc13)C2. The van der Waals surface area contributed by atoms with Gasteiger partial charge in [0.05, 0.1) is 19.6 Å². The van der Waals surface area contributed by atoms with Crippen LogP contribution in [-0.4, -0.2) is 67.0 Å². The number of benzene rings is 2. The van der Waals surface area contributed by atoms with Crippen molar-refractivity contribution in [3.8, 4) is 11.5 Å². The Labute approximate surface area is 206 Å². The van der Waals surface area contributed by atoms with Crippen LogP contribution < -0.4 is 9.47 Å². The van der Waals surface area contributed by atoms with Gasteiger partial charge in [-0.2, -0.15) is 0 Å². The number of carbonyl (C=O) groups is 2. The number of para-hydroxylation sites is 1. The van der Waals surface area contributed by atoms with Gasteiger partial charge in [0, 0.05) is 56.1 Å². The van der Waals surface area contributed by atoms with Gasteiger partial charge in [-0.25, -0.2) is 0 Å². The summed E-state index contributed by atoms with van der Waals surface area (Å²) in [6.07, 6.45) is 3.48. The van der Waals surface area contributed by atoms with Crippen molar-refractivity contribution in [3.63, 3.8) is 0 Å². The zero-order valence-corrected chi connectivity index (χ0v) is 20.5. The van der Waals surface area contributed by atoms with Gasteiger partial charge in [0.2, 0.25) is 11.8 Å². The van der Waals surface area contributed by atoms with E-state index in [2.05, 4.69) is 35.3 Å². The normalized spacial score (nSPS) is 19.3. The van der Waals surface area contributed by atoms with Crippen molar-refractivity contribution in [2.24, 2.45) is 5.92 Å². The van der Waals surface area contributed by atoms with Gasteiger partial charge in [-0.3, -0.25) is 9.59 Å². The van der Waals surface area contributed by atoms with E-state index in [0.717, 1.165) is 54.0 Å². The first-order valence-corrected chi connectivity index (χ1v) is 12.4. The summed E-state index contributed by atoms with van der Waals surface area (Å²) in [4.78, 5) is 32.8. The summed E-state index contributed by atoms with van der Waals surface area (Å²) in [6.45, 7) is 2.36. The zero-order chi connectivity index (χ0) is 24.4. The van der Waals surface area contributed by atoms with Crippen LogP contribution in [0.15, 0.2) is 42.5 Å². The second kappa shape index (κ2) is 10.0. The van der Waals surface area contributed by atoms with Crippen LogP contribution in [-0.2, 0) is 22.4 Å². The molecule has 2 amide bonds. The summed E-state index contributed by atoms with van der Waals surface area (Å²) < 4.78 is 11.6. The molecule has 0 spiro atoms. The fraction of sp³-hybridized carbons (Fsp3) is 0.429. The number of ether oxygens (including phenoxy) is 2. The lowest BCUT2D eigenvalue weighted by Gasteiger charge is -2.26. The van der Waals surface area contributed by atoms with Crippen LogP contribution in [0.3, 0.4) is 0 Å². The Kier molecular flexibility index (Phi) is 6.66. The van der Waals surface area contributed by atoms with Crippen molar-refractivity contribution in [2.75, 3.05) is 40.4 Å². The number of nitrogens with zero attached hydrogens (tertiary/aromatic N) is 2. The molecular weight excluding hydrogens is 442 g/mol. The highest BCUT2D eigenvalue weighted by Crippen LogP contribution is 2.31. The number of aromatic amines is 1. The van der Waals surface area contributed by atoms with Crippen LogP contribution in [0.2, 0.25) is 0 Å². The molecule has 0 aliphatic carbocycles. The molecule has 1 saturated heterocycles. The Hall–Kier alpha value is -3.48. The summed E-state index contributed by atoms with van der Waals surface area (Å²) in [5, 5.41) is 1.20. The Bertz CT molecular complexity index is 1230. The third-order valence-corrected chi connectivity index (χ3v) is 7.22. The molecule has 7 heteroatoms. The number of H-pyrrole nitrogens is 1. The molecule has 1 aromatic heterocycles. The molecule has 0 radical (unpaired) electrons. The fourth-order valence-electron chi connectivity index (χ4n) is 5.29. The Balaban J connectivity index is 1.47. The molecule has 3 heterocycles. The van der Waals surface area contributed by atoms with Crippen LogP contribution in [0.5, 0.6) is 11.5 Å². The van der Waals surface area contributed by atoms with Gasteiger partial charge in [-0.1, -0.05) is 24.3 Å². The molecule has 5 rings (SSSR count). The van der Waals surface area contributed by atoms with Crippen LogP contribution in [0.1, 0.15) is 36.1 Å². The maximum atomic E-state index is 13.5. The predicted molar refractivity (Wildman–Crippen MR) is 135 cm³/mol. The number of likely N-dealkylation sites (tertiary alicyclic amines) is 1. The molecule has 184 valence electrons. The van der Waals surface area contributed by atoms with Crippen molar-refractivity contribution >= 4 is 22.7 Å². The summed E-state index contributed by atoms with van der Waals surface area (Å²) >= 11 is 0. The van der Waals surface area contributed by atoms with Gasteiger partial charge < -0.3 is 24.3 Å². The molecule has 7 nitrogen and oxygen atoms in total. The van der Waals surface area contributed by atoms with Crippen molar-refractivity contribution in [2.45, 2.75) is 32.1 Å². The average molecular weight is 476 g/mol. The Morgan fingerprint density at radius 1 is 1.14 bits per heavy atom. The van der Waals surface area contributed by atoms with Crippen LogP contribution >= 0.6 is 0 Å². The van der Waals surface area contributed by atoms with E-state index in [0.29, 0.717) is 32.7 Å². The lowest BCUT2D eigenvalue weighted by molar-refractivity contribution is -0.136. The minimum atomic E-state index is -0.255. The highest BCUT2D eigenvalue weighted by molar-refractivity contribution is 5.89. The van der Waals surface area contributed by atoms with Gasteiger partial charge in [-0.05, 0) is 48.6 Å². The minimum absolute atomic E-state index is 0.0489. The number of hydrogen-bond acceptors (Lipinski definition) is 4. The molecular formula is C28H33N3O4. The molecule has 2 aliphatic rings. The Morgan fingerprint density at radius 2 is 2.00 bits per heavy atom. The number of amides is 2. The first kappa shape index (κ1) is 23.3. The van der Waals surface area contributed by atoms with E-state index in [9.17, 15) is 9.59 Å². The van der Waals surface area contributed by atoms with Gasteiger partial charge in [0.1, 0.15) is 0 Å². The topological polar surface area (TPSA) is 74.9 Å². The number of rotatable bonds is 2. The highest BCUT2D eigenvalue weighted by atomic mass is 16.5. The summed E-state index contributed by atoms with van der Waals surface area (Å²) in [5.74, 6) is 1.36. The maximum Gasteiger partial charge on any atom is 0.228 e. The quantitative estimate of drug-likeness (QED) is 0.612. The van der Waals surface area contributed by atoms with Gasteiger partial charge in [0.25, 0.3) is 0 Å². The summed E-state index contributed by atoms with van der Waals surface area (Å²) in [5.41, 5.74) is 4.65. The van der Waals surface area contributed by atoms with Crippen LogP contribution in [0, 0.1) is 5.92 Å². The largest absolute Gasteiger partial charge is 0.493 e. The smallest absolute Gasteiger partial charge is 0.228 e. The van der Waals surface area contributed by atoms with E-state index >= 15 is 0 Å². The first-order chi connectivity index (χ1) is 17.0. The van der Waals surface area contributed by atoms with E-state index in [4.69, 9.17) is 9.47 Å². The minimum Gasteiger partial charge on any atom is -0.493 e. The molecule has 2 bridgehead atoms. The number of hydrogen-bond donors (Lipinski definition) is 1. The predicted octanol–water partition coefficient (Wildman–Crippen LogP) is 3.79. The highest BCUT2D eigenvalue weighted by Gasteiger charge is 2.34. The number of carbonyl (C=O) groups excluding carboxylic acids is 2. The number of aromatic nitrogens is 1. The van der Waals surface area contributed by atoms with Crippen LogP contribution in [0.4, 0.5) is 0 Å². The van der Waals surface area contributed by atoms with Crippen LogP contribution in [0.25, 0.3) is 10.9 Å². The lowest BCUT2D eigenvalue weighted by atomic mass is 10.0. The average Bonchev–Trinajstić information content (AvgIpc) is 3.38. The monoisotopic (exact) mass is 475 g/mol. The summed E-state index contributed by atoms with van der Waals surface area (Å²) in [6, 6.07) is 14.5. The van der Waals surface area contributed by atoms with Gasteiger partial charge in [0.15, 0.2) is 11.5 Å². The van der Waals surface area contributed by atoms with E-state index in [1.807, 2.05) is 17.0 Å². The molecule has 1 N–H and O–H groups in total. The standard InChI is InChI=1S/C28H33N3O4/c1-30-18-20(17-27(30)32)28(33)31-12-5-6-14-35-26-16-19(9-10-25(26)34-2)15-24-22(11-13-31)21-7-3-4-8-23(21)29-24/h3-4,7-10,16,20,29H,5-6,11-15,17-18H2,1-2H3. The van der Waals surface area contributed by atoms with Crippen molar-refractivity contribution in [3.05, 3.63) is 59.3 Å². The Morgan fingerprint density at radius 3 is 2.80 bits per heavy atom. The van der Waals surface area contributed by atoms with E-state index < -0.39 is 0 Å². The maximum absolute atomic E-state index is 13.5. The molecule has 0 saturated carbocycles. The molecule has 2 aromatic carbocycles. The second-order valence-electron chi connectivity index (χ2n) is 9.60. The van der Waals surface area contributed by atoms with Crippen molar-refractivity contribution < 1.29 is 19.1 Å². The third kappa shape index (κ3) is 4.85. The molecule has 1 unspecified atom stereocenters. The molecule has 35 heavy (non-hydrogen) atoms. The summed E-state index contributed by atoms with van der Waals surface area (Å²) in [7, 11) is 3.43. The fourth-order valence-corrected chi connectivity index (χ4v) is 5.29. The lowest BCUT2D eigenvalue weighted by Crippen LogP contribution is -2.39. The number of fused-ring (bicyclic) bond motifs is 5. The molecule has 1 atom stereocenters. The first-order valence-electron chi connectivity index (χ1n) is 12.4. The molecule has 1 fully saturated rings. The molecule has 3 aromatic rings. The molecule has 2 aliphatic heterocycles. The third-order valence-electron chi connectivity index (χ3n) is 7.22. The van der Waals surface area contributed by atoms with E-state index in [1.165, 1.54) is 10.9 Å². The second-order valence-corrected chi connectivity index (χ2v) is 9.60. The zero-order valence-electron chi connectivity index (χ0n) is 20.5.